The second-order valence-corrected chi connectivity index (χ2v) is 5.17. The summed E-state index contributed by atoms with van der Waals surface area (Å²) in [7, 11) is 2.04. The van der Waals surface area contributed by atoms with E-state index in [4.69, 9.17) is 18.0 Å². The number of thiophene rings is 1. The molecule has 17 heavy (non-hydrogen) atoms. The standard InChI is InChI=1S/C12H13N3S2/c1-15(8-10-3-2-6-17-10)9-4-5-14-11(7-9)12(13)16/h2-7H,8H2,1H3,(H2,13,16). The van der Waals surface area contributed by atoms with Gasteiger partial charge in [-0.15, -0.1) is 11.3 Å². The zero-order valence-corrected chi connectivity index (χ0v) is 11.1. The summed E-state index contributed by atoms with van der Waals surface area (Å²) in [6.45, 7) is 0.873. The topological polar surface area (TPSA) is 42.2 Å². The van der Waals surface area contributed by atoms with Gasteiger partial charge in [-0.25, -0.2) is 0 Å². The molecule has 2 heterocycles. The lowest BCUT2D eigenvalue weighted by Crippen LogP contribution is -2.17. The molecule has 5 heteroatoms. The molecule has 0 unspecified atom stereocenters. The molecule has 0 saturated carbocycles. The van der Waals surface area contributed by atoms with Gasteiger partial charge in [0.2, 0.25) is 0 Å². The molecule has 0 fully saturated rings. The minimum Gasteiger partial charge on any atom is -0.388 e. The summed E-state index contributed by atoms with van der Waals surface area (Å²) >= 11 is 6.67. The van der Waals surface area contributed by atoms with Crippen molar-refractivity contribution in [3.8, 4) is 0 Å². The van der Waals surface area contributed by atoms with Gasteiger partial charge < -0.3 is 10.6 Å². The van der Waals surface area contributed by atoms with Gasteiger partial charge >= 0.3 is 0 Å². The van der Waals surface area contributed by atoms with Crippen LogP contribution in [0.15, 0.2) is 35.8 Å². The van der Waals surface area contributed by atoms with Gasteiger partial charge in [-0.05, 0) is 23.6 Å². The second kappa shape index (κ2) is 5.25. The smallest absolute Gasteiger partial charge is 0.122 e. The Balaban J connectivity index is 2.16. The number of pyridine rings is 1. The first-order valence-electron chi connectivity index (χ1n) is 5.16. The van der Waals surface area contributed by atoms with E-state index in [0.717, 1.165) is 12.2 Å². The van der Waals surface area contributed by atoms with Gasteiger partial charge in [0.05, 0.1) is 12.2 Å². The van der Waals surface area contributed by atoms with Gasteiger partial charge in [-0.3, -0.25) is 4.98 Å². The van der Waals surface area contributed by atoms with E-state index in [-0.39, 0.29) is 0 Å². The second-order valence-electron chi connectivity index (χ2n) is 3.70. The lowest BCUT2D eigenvalue weighted by molar-refractivity contribution is 0.937. The minimum atomic E-state index is 0.330. The van der Waals surface area contributed by atoms with Crippen LogP contribution < -0.4 is 10.6 Å². The SMILES string of the molecule is CN(Cc1cccs1)c1ccnc(C(N)=S)c1. The summed E-state index contributed by atoms with van der Waals surface area (Å²) in [6, 6.07) is 8.04. The van der Waals surface area contributed by atoms with E-state index in [0.29, 0.717) is 10.7 Å². The van der Waals surface area contributed by atoms with Crippen molar-refractivity contribution in [1.29, 1.82) is 0 Å². The van der Waals surface area contributed by atoms with Gasteiger partial charge in [0.1, 0.15) is 4.99 Å². The normalized spacial score (nSPS) is 10.2. The van der Waals surface area contributed by atoms with Crippen LogP contribution in [0.5, 0.6) is 0 Å². The Labute approximate surface area is 110 Å². The highest BCUT2D eigenvalue weighted by atomic mass is 32.1. The predicted octanol–water partition coefficient (Wildman–Crippen LogP) is 2.41. The molecular formula is C12H13N3S2. The van der Waals surface area contributed by atoms with Crippen molar-refractivity contribution >= 4 is 34.2 Å². The molecule has 0 spiro atoms. The average molecular weight is 263 g/mol. The van der Waals surface area contributed by atoms with Crippen molar-refractivity contribution in [3.05, 3.63) is 46.4 Å². The number of hydrogen-bond acceptors (Lipinski definition) is 4. The summed E-state index contributed by atoms with van der Waals surface area (Å²) in [5.41, 5.74) is 7.30. The summed E-state index contributed by atoms with van der Waals surface area (Å²) in [5.74, 6) is 0. The summed E-state index contributed by atoms with van der Waals surface area (Å²) < 4.78 is 0. The van der Waals surface area contributed by atoms with Crippen LogP contribution in [0.2, 0.25) is 0 Å². The molecule has 0 aliphatic carbocycles. The Morgan fingerprint density at radius 1 is 1.53 bits per heavy atom. The van der Waals surface area contributed by atoms with E-state index in [9.17, 15) is 0 Å². The van der Waals surface area contributed by atoms with Crippen LogP contribution in [0.1, 0.15) is 10.6 Å². The maximum absolute atomic E-state index is 5.57. The van der Waals surface area contributed by atoms with Gasteiger partial charge in [0, 0.05) is 23.8 Å². The van der Waals surface area contributed by atoms with Gasteiger partial charge in [-0.1, -0.05) is 18.3 Å². The van der Waals surface area contributed by atoms with E-state index in [1.165, 1.54) is 4.88 Å². The minimum absolute atomic E-state index is 0.330. The maximum atomic E-state index is 5.57. The molecule has 2 N–H and O–H groups in total. The first kappa shape index (κ1) is 12.0. The monoisotopic (exact) mass is 263 g/mol. The summed E-state index contributed by atoms with van der Waals surface area (Å²) in [6.07, 6.45) is 1.73. The van der Waals surface area contributed by atoms with Gasteiger partial charge in [0.25, 0.3) is 0 Å². The quantitative estimate of drug-likeness (QED) is 0.860. The third kappa shape index (κ3) is 3.01. The highest BCUT2D eigenvalue weighted by Crippen LogP contribution is 2.18. The van der Waals surface area contributed by atoms with Crippen molar-refractivity contribution in [2.45, 2.75) is 6.54 Å². The number of aromatic nitrogens is 1. The molecule has 0 amide bonds. The van der Waals surface area contributed by atoms with Crippen molar-refractivity contribution in [1.82, 2.24) is 4.98 Å². The van der Waals surface area contributed by atoms with E-state index >= 15 is 0 Å². The molecule has 0 aliphatic rings. The predicted molar refractivity (Wildman–Crippen MR) is 76.6 cm³/mol. The Kier molecular flexibility index (Phi) is 3.71. The largest absolute Gasteiger partial charge is 0.388 e. The van der Waals surface area contributed by atoms with Crippen LogP contribution in [0.3, 0.4) is 0 Å². The maximum Gasteiger partial charge on any atom is 0.122 e. The first-order chi connectivity index (χ1) is 8.16. The van der Waals surface area contributed by atoms with Crippen LogP contribution in [0.4, 0.5) is 5.69 Å². The number of hydrogen-bond donors (Lipinski definition) is 1. The Morgan fingerprint density at radius 3 is 3.00 bits per heavy atom. The van der Waals surface area contributed by atoms with Crippen LogP contribution in [-0.2, 0) is 6.54 Å². The molecule has 2 aromatic rings. The summed E-state index contributed by atoms with van der Waals surface area (Å²) in [5, 5.41) is 2.08. The van der Waals surface area contributed by atoms with Crippen molar-refractivity contribution in [2.75, 3.05) is 11.9 Å². The van der Waals surface area contributed by atoms with Crippen molar-refractivity contribution in [3.63, 3.8) is 0 Å². The molecule has 0 atom stereocenters. The van der Waals surface area contributed by atoms with Crippen LogP contribution >= 0.6 is 23.6 Å². The van der Waals surface area contributed by atoms with E-state index in [1.54, 1.807) is 17.5 Å². The fourth-order valence-corrected chi connectivity index (χ4v) is 2.39. The van der Waals surface area contributed by atoms with Crippen LogP contribution in [0, 0.1) is 0 Å². The number of thiocarbonyl (C=S) groups is 1. The number of nitrogens with zero attached hydrogens (tertiary/aromatic N) is 2. The zero-order chi connectivity index (χ0) is 12.3. The zero-order valence-electron chi connectivity index (χ0n) is 9.46. The van der Waals surface area contributed by atoms with Gasteiger partial charge in [-0.2, -0.15) is 0 Å². The third-order valence-electron chi connectivity index (χ3n) is 2.41. The molecule has 0 radical (unpaired) electrons. The number of nitrogens with two attached hydrogens (primary N) is 1. The molecular weight excluding hydrogens is 250 g/mol. The van der Waals surface area contributed by atoms with Crippen LogP contribution in [-0.4, -0.2) is 17.0 Å². The molecule has 0 aromatic carbocycles. The van der Waals surface area contributed by atoms with Gasteiger partial charge in [0.15, 0.2) is 0 Å². The molecule has 2 aromatic heterocycles. The first-order valence-corrected chi connectivity index (χ1v) is 6.45. The Morgan fingerprint density at radius 2 is 2.35 bits per heavy atom. The third-order valence-corrected chi connectivity index (χ3v) is 3.48. The Bertz CT molecular complexity index is 508. The lowest BCUT2D eigenvalue weighted by Gasteiger charge is -2.18. The molecule has 0 bridgehead atoms. The van der Waals surface area contributed by atoms with Crippen LogP contribution in [0.25, 0.3) is 0 Å². The fourth-order valence-electron chi connectivity index (χ4n) is 1.52. The van der Waals surface area contributed by atoms with E-state index in [2.05, 4.69) is 27.4 Å². The molecule has 0 saturated heterocycles. The molecule has 3 nitrogen and oxygen atoms in total. The molecule has 88 valence electrons. The van der Waals surface area contributed by atoms with E-state index in [1.807, 2.05) is 19.2 Å². The van der Waals surface area contributed by atoms with E-state index < -0.39 is 0 Å². The highest BCUT2D eigenvalue weighted by Gasteiger charge is 2.05. The highest BCUT2D eigenvalue weighted by molar-refractivity contribution is 7.80. The lowest BCUT2D eigenvalue weighted by atomic mass is 10.3. The molecule has 2 rings (SSSR count). The number of rotatable bonds is 4. The van der Waals surface area contributed by atoms with Crippen molar-refractivity contribution in [2.24, 2.45) is 5.73 Å². The molecule has 0 aliphatic heterocycles. The fraction of sp³-hybridized carbons (Fsp3) is 0.167. The van der Waals surface area contributed by atoms with Crippen molar-refractivity contribution < 1.29 is 0 Å². The summed E-state index contributed by atoms with van der Waals surface area (Å²) in [4.78, 5) is 7.93. The average Bonchev–Trinajstić information content (AvgIpc) is 2.82. The number of anilines is 1. The Hall–Kier alpha value is -1.46.